The Morgan fingerprint density at radius 3 is 2.22 bits per heavy atom. The molecule has 0 radical (unpaired) electrons. The minimum atomic E-state index is 0.778. The van der Waals surface area contributed by atoms with E-state index in [1.807, 2.05) is 12.1 Å². The first-order valence-corrected chi connectivity index (χ1v) is 6.88. The van der Waals surface area contributed by atoms with E-state index in [2.05, 4.69) is 52.4 Å². The predicted molar refractivity (Wildman–Crippen MR) is 72.9 cm³/mol. The summed E-state index contributed by atoms with van der Waals surface area (Å²) in [7, 11) is 0. The molecule has 0 amide bonds. The quantitative estimate of drug-likeness (QED) is 0.687. The normalized spacial score (nSPS) is 18.3. The fourth-order valence-corrected chi connectivity index (χ4v) is 2.91. The maximum atomic E-state index is 5.94. The van der Waals surface area contributed by atoms with Gasteiger partial charge in [0.05, 0.1) is 0 Å². The summed E-state index contributed by atoms with van der Waals surface area (Å²) in [6.07, 6.45) is 10.8. The van der Waals surface area contributed by atoms with Gasteiger partial charge >= 0.3 is 121 Å². The van der Waals surface area contributed by atoms with Gasteiger partial charge in [-0.25, -0.2) is 0 Å². The monoisotopic (exact) mass is 295 g/mol. The summed E-state index contributed by atoms with van der Waals surface area (Å²) in [6.45, 7) is 0. The van der Waals surface area contributed by atoms with Crippen LogP contribution in [0.5, 0.6) is 0 Å². The van der Waals surface area contributed by atoms with Crippen LogP contribution in [0.2, 0.25) is 5.02 Å². The van der Waals surface area contributed by atoms with Crippen molar-refractivity contribution in [3.05, 3.63) is 74.8 Å². The van der Waals surface area contributed by atoms with E-state index in [1.54, 1.807) is 0 Å². The molecule has 1 aromatic rings. The van der Waals surface area contributed by atoms with Gasteiger partial charge in [0.1, 0.15) is 0 Å². The average Bonchev–Trinajstić information content (AvgIpc) is 2.98. The van der Waals surface area contributed by atoms with Crippen LogP contribution in [0.1, 0.15) is 18.4 Å². The van der Waals surface area contributed by atoms with E-state index in [-0.39, 0.29) is 0 Å². The van der Waals surface area contributed by atoms with Gasteiger partial charge < -0.3 is 0 Å². The number of halogens is 1. The Balaban J connectivity index is 2.08. The van der Waals surface area contributed by atoms with Gasteiger partial charge in [0.2, 0.25) is 0 Å². The second-order valence-electron chi connectivity index (χ2n) is 4.42. The summed E-state index contributed by atoms with van der Waals surface area (Å²) >= 11 is 10.1. The molecule has 18 heavy (non-hydrogen) atoms. The molecular formula is C16H12ClFe. The van der Waals surface area contributed by atoms with E-state index in [0.29, 0.717) is 0 Å². The number of allylic oxidation sites excluding steroid dienone is 8. The SMILES string of the molecule is Clc1ccc(C2=C(C3=[C]([Fe])CC=C3)CC=C2)cc1. The second kappa shape index (κ2) is 4.93. The summed E-state index contributed by atoms with van der Waals surface area (Å²) < 4.78 is 1.22. The zero-order chi connectivity index (χ0) is 12.5. The van der Waals surface area contributed by atoms with Crippen molar-refractivity contribution >= 4 is 17.2 Å². The van der Waals surface area contributed by atoms with Gasteiger partial charge in [-0.2, -0.15) is 0 Å². The average molecular weight is 296 g/mol. The summed E-state index contributed by atoms with van der Waals surface area (Å²) in [4.78, 5) is 0. The Morgan fingerprint density at radius 2 is 1.56 bits per heavy atom. The Hall–Kier alpha value is -1.01. The zero-order valence-corrected chi connectivity index (χ0v) is 11.6. The van der Waals surface area contributed by atoms with Crippen molar-refractivity contribution in [1.82, 2.24) is 0 Å². The Morgan fingerprint density at radius 1 is 0.889 bits per heavy atom. The van der Waals surface area contributed by atoms with Crippen LogP contribution in [0.15, 0.2) is 64.2 Å². The molecule has 2 aliphatic carbocycles. The van der Waals surface area contributed by atoms with E-state index in [1.165, 1.54) is 26.8 Å². The molecule has 0 saturated carbocycles. The molecule has 0 fully saturated rings. The van der Waals surface area contributed by atoms with Gasteiger partial charge in [0.15, 0.2) is 0 Å². The van der Waals surface area contributed by atoms with Crippen LogP contribution in [0.25, 0.3) is 5.57 Å². The van der Waals surface area contributed by atoms with Gasteiger partial charge in [0.25, 0.3) is 0 Å². The van der Waals surface area contributed by atoms with Crippen molar-refractivity contribution in [2.45, 2.75) is 12.8 Å². The molecule has 0 saturated heterocycles. The van der Waals surface area contributed by atoms with E-state index >= 15 is 0 Å². The van der Waals surface area contributed by atoms with Gasteiger partial charge in [-0.15, -0.1) is 0 Å². The standard InChI is InChI=1S/C16H12Cl.Fe/c17-14-10-8-13(9-11-14)16-7-3-6-15(16)12-4-1-2-5-12;/h1,3-4,7-11H,2,6H2;. The van der Waals surface area contributed by atoms with Crippen LogP contribution >= 0.6 is 11.6 Å². The second-order valence-corrected chi connectivity index (χ2v) is 5.52. The van der Waals surface area contributed by atoms with E-state index < -0.39 is 0 Å². The van der Waals surface area contributed by atoms with Gasteiger partial charge in [-0.3, -0.25) is 0 Å². The van der Waals surface area contributed by atoms with E-state index in [4.69, 9.17) is 11.6 Å². The fourth-order valence-electron chi connectivity index (χ4n) is 2.40. The number of hydrogen-bond donors (Lipinski definition) is 0. The van der Waals surface area contributed by atoms with Crippen LogP contribution in [0, 0.1) is 0 Å². The molecule has 2 heteroatoms. The van der Waals surface area contributed by atoms with Crippen LogP contribution in [0.4, 0.5) is 0 Å². The molecule has 0 aromatic heterocycles. The molecule has 0 unspecified atom stereocenters. The van der Waals surface area contributed by atoms with Crippen molar-refractivity contribution in [3.63, 3.8) is 0 Å². The first kappa shape index (κ1) is 12.0. The first-order chi connectivity index (χ1) is 8.75. The molecule has 0 aliphatic heterocycles. The number of hydrogen-bond acceptors (Lipinski definition) is 0. The maximum absolute atomic E-state index is 5.94. The molecule has 0 atom stereocenters. The van der Waals surface area contributed by atoms with E-state index in [0.717, 1.165) is 17.9 Å². The van der Waals surface area contributed by atoms with Crippen LogP contribution in [-0.2, 0) is 16.0 Å². The van der Waals surface area contributed by atoms with Gasteiger partial charge in [-0.05, 0) is 0 Å². The molecule has 1 aromatic carbocycles. The molecule has 2 aliphatic rings. The molecule has 0 nitrogen and oxygen atoms in total. The van der Waals surface area contributed by atoms with Gasteiger partial charge in [0, 0.05) is 0 Å². The topological polar surface area (TPSA) is 0 Å². The minimum absolute atomic E-state index is 0.778. The third-order valence-electron chi connectivity index (χ3n) is 3.27. The van der Waals surface area contributed by atoms with Crippen molar-refractivity contribution in [2.24, 2.45) is 0 Å². The fraction of sp³-hybridized carbons (Fsp3) is 0.125. The van der Waals surface area contributed by atoms with Crippen molar-refractivity contribution in [3.8, 4) is 0 Å². The summed E-state index contributed by atoms with van der Waals surface area (Å²) in [5.41, 5.74) is 5.22. The molecular weight excluding hydrogens is 283 g/mol. The molecule has 0 N–H and O–H groups in total. The third kappa shape index (κ3) is 2.14. The van der Waals surface area contributed by atoms with Crippen molar-refractivity contribution in [2.75, 3.05) is 0 Å². The Kier molecular flexibility index (Phi) is 3.30. The third-order valence-corrected chi connectivity index (χ3v) is 4.05. The number of rotatable bonds is 2. The Bertz CT molecular complexity index is 600. The summed E-state index contributed by atoms with van der Waals surface area (Å²) in [6, 6.07) is 8.04. The summed E-state index contributed by atoms with van der Waals surface area (Å²) in [5.74, 6) is 0. The summed E-state index contributed by atoms with van der Waals surface area (Å²) in [5, 5.41) is 0.778. The van der Waals surface area contributed by atoms with Crippen molar-refractivity contribution < 1.29 is 16.0 Å². The predicted octanol–water partition coefficient (Wildman–Crippen LogP) is 4.81. The Labute approximate surface area is 121 Å². The molecule has 0 spiro atoms. The van der Waals surface area contributed by atoms with Crippen LogP contribution in [0.3, 0.4) is 0 Å². The first-order valence-electron chi connectivity index (χ1n) is 5.95. The van der Waals surface area contributed by atoms with Crippen LogP contribution < -0.4 is 0 Å². The van der Waals surface area contributed by atoms with Crippen molar-refractivity contribution in [1.29, 1.82) is 0 Å². The van der Waals surface area contributed by atoms with Crippen LogP contribution in [-0.4, -0.2) is 0 Å². The molecule has 91 valence electrons. The van der Waals surface area contributed by atoms with Gasteiger partial charge in [-0.1, -0.05) is 0 Å². The number of benzene rings is 1. The zero-order valence-electron chi connectivity index (χ0n) is 9.76. The molecule has 3 rings (SSSR count). The van der Waals surface area contributed by atoms with E-state index in [9.17, 15) is 0 Å². The molecule has 0 heterocycles. The molecule has 0 bridgehead atoms.